The van der Waals surface area contributed by atoms with Crippen molar-refractivity contribution >= 4 is 5.69 Å². The predicted molar refractivity (Wildman–Crippen MR) is 106 cm³/mol. The van der Waals surface area contributed by atoms with E-state index in [2.05, 4.69) is 80.0 Å². The van der Waals surface area contributed by atoms with Crippen LogP contribution in [0.1, 0.15) is 36.6 Å². The van der Waals surface area contributed by atoms with Crippen LogP contribution in [0, 0.1) is 5.92 Å². The monoisotopic (exact) mass is 357 g/mol. The van der Waals surface area contributed by atoms with Crippen molar-refractivity contribution < 1.29 is 0 Å². The third kappa shape index (κ3) is 2.62. The van der Waals surface area contributed by atoms with Crippen LogP contribution in [-0.2, 0) is 7.05 Å². The van der Waals surface area contributed by atoms with Gasteiger partial charge in [-0.15, -0.1) is 10.2 Å². The maximum atomic E-state index is 4.44. The predicted octanol–water partition coefficient (Wildman–Crippen LogP) is 4.27. The topological polar surface area (TPSA) is 37.2 Å². The number of aromatic nitrogens is 3. The molecule has 3 heterocycles. The molecule has 0 amide bonds. The summed E-state index contributed by atoms with van der Waals surface area (Å²) in [5.74, 6) is 2.93. The fourth-order valence-electron chi connectivity index (χ4n) is 4.19. The van der Waals surface area contributed by atoms with Crippen molar-refractivity contribution in [2.75, 3.05) is 4.90 Å². The molecule has 2 aliphatic heterocycles. The second-order valence-electron chi connectivity index (χ2n) is 7.47. The van der Waals surface area contributed by atoms with Gasteiger partial charge >= 0.3 is 0 Å². The first-order chi connectivity index (χ1) is 13.2. The second kappa shape index (κ2) is 6.27. The maximum absolute atomic E-state index is 4.44. The van der Waals surface area contributed by atoms with Gasteiger partial charge in [-0.3, -0.25) is 0 Å². The van der Waals surface area contributed by atoms with E-state index in [0.29, 0.717) is 5.92 Å². The molecule has 27 heavy (non-hydrogen) atoms. The van der Waals surface area contributed by atoms with E-state index in [1.54, 1.807) is 6.33 Å². The van der Waals surface area contributed by atoms with Crippen molar-refractivity contribution in [2.24, 2.45) is 13.0 Å². The SMILES string of the molecule is C=C1N2C=CC=CC2=CN1c1cccc(C(c2nncn2C)C2CCC2)c1. The Morgan fingerprint density at radius 1 is 1.19 bits per heavy atom. The zero-order valence-electron chi connectivity index (χ0n) is 15.5. The summed E-state index contributed by atoms with van der Waals surface area (Å²) in [6, 6.07) is 8.79. The summed E-state index contributed by atoms with van der Waals surface area (Å²) in [7, 11) is 2.04. The van der Waals surface area contributed by atoms with Crippen LogP contribution in [0.5, 0.6) is 0 Å². The molecule has 5 rings (SSSR count). The summed E-state index contributed by atoms with van der Waals surface area (Å²) < 4.78 is 2.06. The van der Waals surface area contributed by atoms with Crippen LogP contribution in [0.2, 0.25) is 0 Å². The Bertz CT molecular complexity index is 976. The third-order valence-electron chi connectivity index (χ3n) is 5.86. The molecule has 0 spiro atoms. The summed E-state index contributed by atoms with van der Waals surface area (Å²) in [5, 5.41) is 8.57. The Morgan fingerprint density at radius 3 is 2.78 bits per heavy atom. The van der Waals surface area contributed by atoms with Gasteiger partial charge < -0.3 is 14.4 Å². The minimum Gasteiger partial charge on any atom is -0.320 e. The van der Waals surface area contributed by atoms with E-state index in [9.17, 15) is 0 Å². The van der Waals surface area contributed by atoms with Gasteiger partial charge in [0, 0.05) is 31.1 Å². The number of allylic oxidation sites excluding steroid dienone is 3. The van der Waals surface area contributed by atoms with E-state index in [4.69, 9.17) is 0 Å². The molecule has 0 bridgehead atoms. The number of benzene rings is 1. The van der Waals surface area contributed by atoms with E-state index >= 15 is 0 Å². The number of hydrogen-bond donors (Lipinski definition) is 0. The lowest BCUT2D eigenvalue weighted by atomic mass is 9.72. The molecule has 0 radical (unpaired) electrons. The Balaban J connectivity index is 1.52. The van der Waals surface area contributed by atoms with E-state index in [1.165, 1.54) is 24.8 Å². The number of nitrogens with zero attached hydrogens (tertiary/aromatic N) is 5. The Morgan fingerprint density at radius 2 is 2.07 bits per heavy atom. The van der Waals surface area contributed by atoms with E-state index in [-0.39, 0.29) is 5.92 Å². The maximum Gasteiger partial charge on any atom is 0.140 e. The van der Waals surface area contributed by atoms with Crippen molar-refractivity contribution in [3.63, 3.8) is 0 Å². The molecule has 1 aliphatic carbocycles. The van der Waals surface area contributed by atoms with E-state index in [0.717, 1.165) is 23.0 Å². The summed E-state index contributed by atoms with van der Waals surface area (Å²) >= 11 is 0. The smallest absolute Gasteiger partial charge is 0.140 e. The Hall–Kier alpha value is -3.08. The molecule has 1 aromatic carbocycles. The van der Waals surface area contributed by atoms with Crippen LogP contribution in [0.3, 0.4) is 0 Å². The zero-order valence-corrected chi connectivity index (χ0v) is 15.5. The standard InChI is InChI=1S/C22H23N5/c1-16-26-12-4-3-10-20(26)14-27(16)19-11-6-9-18(13-19)21(17-7-5-8-17)22-24-23-15-25(22)2/h3-4,6,9-15,17,21H,1,5,7-8H2,2H3. The highest BCUT2D eigenvalue weighted by molar-refractivity contribution is 5.61. The highest BCUT2D eigenvalue weighted by atomic mass is 15.4. The van der Waals surface area contributed by atoms with Crippen molar-refractivity contribution in [2.45, 2.75) is 25.2 Å². The first kappa shape index (κ1) is 16.1. The summed E-state index contributed by atoms with van der Waals surface area (Å²) in [5.41, 5.74) is 3.57. The average molecular weight is 357 g/mol. The molecule has 1 aromatic heterocycles. The van der Waals surface area contributed by atoms with Crippen LogP contribution < -0.4 is 4.90 Å². The van der Waals surface area contributed by atoms with Crippen LogP contribution in [0.25, 0.3) is 0 Å². The highest BCUT2D eigenvalue weighted by Crippen LogP contribution is 2.43. The lowest BCUT2D eigenvalue weighted by Crippen LogP contribution is -2.24. The van der Waals surface area contributed by atoms with Crippen LogP contribution in [0.15, 0.2) is 79.3 Å². The third-order valence-corrected chi connectivity index (χ3v) is 5.86. The van der Waals surface area contributed by atoms with Gasteiger partial charge in [-0.05, 0) is 48.6 Å². The normalized spacial score (nSPS) is 19.9. The minimum absolute atomic E-state index is 0.289. The zero-order chi connectivity index (χ0) is 18.4. The molecular weight excluding hydrogens is 334 g/mol. The molecular formula is C22H23N5. The van der Waals surface area contributed by atoms with Gasteiger partial charge in [0.05, 0.1) is 5.70 Å². The molecule has 1 unspecified atom stereocenters. The lowest BCUT2D eigenvalue weighted by molar-refractivity contribution is 0.274. The first-order valence-electron chi connectivity index (χ1n) is 9.50. The molecule has 0 N–H and O–H groups in total. The van der Waals surface area contributed by atoms with Gasteiger partial charge in [-0.1, -0.05) is 31.2 Å². The van der Waals surface area contributed by atoms with Crippen molar-refractivity contribution in [3.8, 4) is 0 Å². The molecule has 5 nitrogen and oxygen atoms in total. The second-order valence-corrected chi connectivity index (χ2v) is 7.47. The van der Waals surface area contributed by atoms with Crippen molar-refractivity contribution in [3.05, 3.63) is 90.7 Å². The van der Waals surface area contributed by atoms with Gasteiger partial charge in [0.1, 0.15) is 18.0 Å². The van der Waals surface area contributed by atoms with Crippen LogP contribution >= 0.6 is 0 Å². The highest BCUT2D eigenvalue weighted by Gasteiger charge is 2.33. The molecule has 2 aromatic rings. The van der Waals surface area contributed by atoms with Crippen LogP contribution in [-0.4, -0.2) is 19.7 Å². The average Bonchev–Trinajstić information content (AvgIpc) is 3.22. The number of anilines is 1. The number of aryl methyl sites for hydroxylation is 1. The van der Waals surface area contributed by atoms with Gasteiger partial charge in [0.15, 0.2) is 0 Å². The lowest BCUT2D eigenvalue weighted by Gasteiger charge is -2.34. The number of hydrogen-bond acceptors (Lipinski definition) is 4. The van der Waals surface area contributed by atoms with Gasteiger partial charge in [0.2, 0.25) is 0 Å². The van der Waals surface area contributed by atoms with Gasteiger partial charge in [0.25, 0.3) is 0 Å². The molecule has 0 saturated heterocycles. The Kier molecular flexibility index (Phi) is 3.74. The fraction of sp³-hybridized carbons (Fsp3) is 0.273. The van der Waals surface area contributed by atoms with Crippen molar-refractivity contribution in [1.29, 1.82) is 0 Å². The van der Waals surface area contributed by atoms with Gasteiger partial charge in [-0.25, -0.2) is 0 Å². The fourth-order valence-corrected chi connectivity index (χ4v) is 4.19. The quantitative estimate of drug-likeness (QED) is 0.819. The molecule has 5 heteroatoms. The summed E-state index contributed by atoms with van der Waals surface area (Å²) in [6.45, 7) is 4.29. The molecule has 1 saturated carbocycles. The summed E-state index contributed by atoms with van der Waals surface area (Å²) in [6.07, 6.45) is 16.0. The number of fused-ring (bicyclic) bond motifs is 1. The Labute approximate surface area is 159 Å². The molecule has 1 fully saturated rings. The van der Waals surface area contributed by atoms with Crippen LogP contribution in [0.4, 0.5) is 5.69 Å². The van der Waals surface area contributed by atoms with E-state index in [1.807, 2.05) is 13.1 Å². The summed E-state index contributed by atoms with van der Waals surface area (Å²) in [4.78, 5) is 4.27. The van der Waals surface area contributed by atoms with E-state index < -0.39 is 0 Å². The molecule has 136 valence electrons. The minimum atomic E-state index is 0.289. The van der Waals surface area contributed by atoms with Gasteiger partial charge in [-0.2, -0.15) is 0 Å². The molecule has 3 aliphatic rings. The van der Waals surface area contributed by atoms with Crippen molar-refractivity contribution in [1.82, 2.24) is 19.7 Å². The largest absolute Gasteiger partial charge is 0.320 e. The molecule has 1 atom stereocenters. The first-order valence-corrected chi connectivity index (χ1v) is 9.50. The number of rotatable bonds is 4.